The summed E-state index contributed by atoms with van der Waals surface area (Å²) in [5, 5.41) is 13.6. The van der Waals surface area contributed by atoms with Crippen LogP contribution in [-0.4, -0.2) is 69.0 Å². The number of carbonyl (C=O) groups excluding carboxylic acids is 1. The number of nitrogens with zero attached hydrogens (tertiary/aromatic N) is 3. The monoisotopic (exact) mass is 426 g/mol. The van der Waals surface area contributed by atoms with Gasteiger partial charge in [0, 0.05) is 37.5 Å². The highest BCUT2D eigenvalue weighted by Gasteiger charge is 2.53. The van der Waals surface area contributed by atoms with Gasteiger partial charge >= 0.3 is 0 Å². The number of carbonyl (C=O) groups is 1. The fourth-order valence-corrected chi connectivity index (χ4v) is 4.97. The molecular formula is C18H26N4O6S. The molecule has 1 saturated heterocycles. The number of ether oxygens (including phenoxy) is 1. The average Bonchev–Trinajstić information content (AvgIpc) is 3.51. The zero-order valence-electron chi connectivity index (χ0n) is 16.5. The lowest BCUT2D eigenvalue weighted by Crippen LogP contribution is -2.37. The van der Waals surface area contributed by atoms with Gasteiger partial charge in [-0.05, 0) is 18.2 Å². The predicted molar refractivity (Wildman–Crippen MR) is 107 cm³/mol. The number of nitro groups is 1. The first-order chi connectivity index (χ1) is 13.8. The van der Waals surface area contributed by atoms with Gasteiger partial charge in [-0.1, -0.05) is 13.8 Å². The lowest BCUT2D eigenvalue weighted by atomic mass is 10.2. The number of morpholine rings is 1. The van der Waals surface area contributed by atoms with Crippen LogP contribution in [0.3, 0.4) is 0 Å². The van der Waals surface area contributed by atoms with Gasteiger partial charge in [-0.3, -0.25) is 14.9 Å². The Bertz CT molecular complexity index is 880. The number of hydrogen-bond acceptors (Lipinski definition) is 7. The number of amides is 1. The van der Waals surface area contributed by atoms with Crippen molar-refractivity contribution < 1.29 is 22.9 Å². The Morgan fingerprint density at radius 2 is 1.97 bits per heavy atom. The molecule has 0 unspecified atom stereocenters. The highest BCUT2D eigenvalue weighted by molar-refractivity contribution is 7.89. The van der Waals surface area contributed by atoms with Gasteiger partial charge in [0.05, 0.1) is 29.5 Å². The maximum absolute atomic E-state index is 12.9. The summed E-state index contributed by atoms with van der Waals surface area (Å²) in [5.41, 5.74) is 1.03. The third kappa shape index (κ3) is 4.51. The van der Waals surface area contributed by atoms with Crippen molar-refractivity contribution in [2.45, 2.75) is 31.2 Å². The number of hydrogen-bond donors (Lipinski definition) is 1. The van der Waals surface area contributed by atoms with Gasteiger partial charge in [0.25, 0.3) is 0 Å². The van der Waals surface area contributed by atoms with E-state index in [-0.39, 0.29) is 11.3 Å². The predicted octanol–water partition coefficient (Wildman–Crippen LogP) is 1.16. The summed E-state index contributed by atoms with van der Waals surface area (Å²) in [6.45, 7) is 6.44. The molecule has 1 amide bonds. The smallest absolute Gasteiger partial charge is 0.243 e. The summed E-state index contributed by atoms with van der Waals surface area (Å²) >= 11 is 0. The zero-order valence-corrected chi connectivity index (χ0v) is 17.4. The fraction of sp³-hybridized carbons (Fsp3) is 0.611. The topological polar surface area (TPSA) is 122 Å². The third-order valence-corrected chi connectivity index (χ3v) is 7.33. The Kier molecular flexibility index (Phi) is 6.39. The molecule has 160 valence electrons. The van der Waals surface area contributed by atoms with Crippen molar-refractivity contribution in [1.82, 2.24) is 4.31 Å². The molecule has 1 aliphatic heterocycles. The second-order valence-corrected chi connectivity index (χ2v) is 8.99. The van der Waals surface area contributed by atoms with Crippen molar-refractivity contribution in [2.24, 2.45) is 5.92 Å². The molecular weight excluding hydrogens is 400 g/mol. The molecule has 29 heavy (non-hydrogen) atoms. The van der Waals surface area contributed by atoms with E-state index in [1.807, 2.05) is 4.90 Å². The van der Waals surface area contributed by atoms with Gasteiger partial charge in [0.15, 0.2) is 0 Å². The highest BCUT2D eigenvalue weighted by atomic mass is 32.2. The highest BCUT2D eigenvalue weighted by Crippen LogP contribution is 2.36. The number of sulfonamides is 1. The molecule has 1 aliphatic carbocycles. The van der Waals surface area contributed by atoms with Crippen molar-refractivity contribution in [3.8, 4) is 0 Å². The van der Waals surface area contributed by atoms with E-state index in [0.717, 1.165) is 0 Å². The first kappa shape index (κ1) is 21.5. The fourth-order valence-electron chi connectivity index (χ4n) is 3.49. The Hall–Kier alpha value is -2.24. The molecule has 2 fully saturated rings. The third-order valence-electron chi connectivity index (χ3n) is 5.29. The van der Waals surface area contributed by atoms with Crippen molar-refractivity contribution in [3.63, 3.8) is 0 Å². The first-order valence-electron chi connectivity index (χ1n) is 9.70. The van der Waals surface area contributed by atoms with Gasteiger partial charge < -0.3 is 15.0 Å². The van der Waals surface area contributed by atoms with E-state index in [0.29, 0.717) is 50.8 Å². The summed E-state index contributed by atoms with van der Waals surface area (Å²) in [4.78, 5) is 25.0. The van der Waals surface area contributed by atoms with Gasteiger partial charge in [-0.25, -0.2) is 8.42 Å². The van der Waals surface area contributed by atoms with Gasteiger partial charge in [0.1, 0.15) is 5.92 Å². The molecule has 0 spiro atoms. The Labute approximate surface area is 170 Å². The summed E-state index contributed by atoms with van der Waals surface area (Å²) in [6, 6.07) is 3.78. The van der Waals surface area contributed by atoms with E-state index in [2.05, 4.69) is 5.32 Å². The Balaban J connectivity index is 1.93. The van der Waals surface area contributed by atoms with E-state index in [4.69, 9.17) is 4.74 Å². The molecule has 0 bridgehead atoms. The molecule has 1 saturated carbocycles. The molecule has 1 aromatic carbocycles. The van der Waals surface area contributed by atoms with E-state index < -0.39 is 32.8 Å². The van der Waals surface area contributed by atoms with Crippen LogP contribution in [0.25, 0.3) is 0 Å². The van der Waals surface area contributed by atoms with E-state index in [1.165, 1.54) is 16.4 Å². The second kappa shape index (κ2) is 8.64. The Morgan fingerprint density at radius 3 is 2.52 bits per heavy atom. The van der Waals surface area contributed by atoms with E-state index in [1.54, 1.807) is 19.9 Å². The van der Waals surface area contributed by atoms with Crippen LogP contribution in [-0.2, 0) is 19.6 Å². The summed E-state index contributed by atoms with van der Waals surface area (Å²) < 4.78 is 32.5. The second-order valence-electron chi connectivity index (χ2n) is 7.05. The molecule has 1 aromatic rings. The maximum Gasteiger partial charge on any atom is 0.243 e. The quantitative estimate of drug-likeness (QED) is 0.489. The van der Waals surface area contributed by atoms with E-state index >= 15 is 0 Å². The SMILES string of the molecule is CCN(CC)S(=O)(=O)c1ccc(N2CCOCC2)c(NC(=O)[C@H]2C[C@H]2[N+](=O)[O-])c1. The minimum absolute atomic E-state index is 0.0788. The van der Waals surface area contributed by atoms with Crippen molar-refractivity contribution >= 4 is 27.3 Å². The summed E-state index contributed by atoms with van der Waals surface area (Å²) in [7, 11) is -3.71. The molecule has 2 aliphatic rings. The standard InChI is InChI=1S/C18H26N4O6S/c1-3-21(4-2)29(26,27)13-5-6-16(20-7-9-28-10-8-20)15(11-13)19-18(23)14-12-17(14)22(24)25/h5-6,11,14,17H,3-4,7-10,12H2,1-2H3,(H,19,23)/t14-,17+/m0/s1. The van der Waals surface area contributed by atoms with Crippen molar-refractivity contribution in [2.75, 3.05) is 49.6 Å². The van der Waals surface area contributed by atoms with Crippen LogP contribution >= 0.6 is 0 Å². The van der Waals surface area contributed by atoms with Gasteiger partial charge in [-0.15, -0.1) is 0 Å². The van der Waals surface area contributed by atoms with Crippen LogP contribution in [0.4, 0.5) is 11.4 Å². The number of benzene rings is 1. The van der Waals surface area contributed by atoms with Crippen LogP contribution in [0.5, 0.6) is 0 Å². The molecule has 0 aromatic heterocycles. The van der Waals surface area contributed by atoms with Crippen LogP contribution in [0.15, 0.2) is 23.1 Å². The molecule has 2 atom stereocenters. The first-order valence-corrected chi connectivity index (χ1v) is 11.1. The van der Waals surface area contributed by atoms with Crippen molar-refractivity contribution in [1.29, 1.82) is 0 Å². The van der Waals surface area contributed by atoms with Crippen LogP contribution in [0.1, 0.15) is 20.3 Å². The number of nitrogens with one attached hydrogen (secondary N) is 1. The minimum atomic E-state index is -3.71. The molecule has 10 nitrogen and oxygen atoms in total. The van der Waals surface area contributed by atoms with Gasteiger partial charge in [-0.2, -0.15) is 4.31 Å². The van der Waals surface area contributed by atoms with Crippen LogP contribution in [0, 0.1) is 16.0 Å². The lowest BCUT2D eigenvalue weighted by molar-refractivity contribution is -0.497. The van der Waals surface area contributed by atoms with Crippen LogP contribution < -0.4 is 10.2 Å². The average molecular weight is 426 g/mol. The van der Waals surface area contributed by atoms with Crippen molar-refractivity contribution in [3.05, 3.63) is 28.3 Å². The molecule has 1 heterocycles. The lowest BCUT2D eigenvalue weighted by Gasteiger charge is -2.31. The zero-order chi connectivity index (χ0) is 21.2. The Morgan fingerprint density at radius 1 is 1.31 bits per heavy atom. The summed E-state index contributed by atoms with van der Waals surface area (Å²) in [5.74, 6) is -1.15. The number of anilines is 2. The number of rotatable bonds is 8. The summed E-state index contributed by atoms with van der Waals surface area (Å²) in [6.07, 6.45) is 0.198. The molecule has 11 heteroatoms. The molecule has 3 rings (SSSR count). The minimum Gasteiger partial charge on any atom is -0.378 e. The van der Waals surface area contributed by atoms with Gasteiger partial charge in [0.2, 0.25) is 22.0 Å². The molecule has 1 N–H and O–H groups in total. The normalized spacial score (nSPS) is 21.8. The largest absolute Gasteiger partial charge is 0.378 e. The maximum atomic E-state index is 12.9. The van der Waals surface area contributed by atoms with Crippen LogP contribution in [0.2, 0.25) is 0 Å². The van der Waals surface area contributed by atoms with E-state index in [9.17, 15) is 23.3 Å². The molecule has 0 radical (unpaired) electrons.